The van der Waals surface area contributed by atoms with Crippen LogP contribution in [0.15, 0.2) is 18.3 Å². The van der Waals surface area contributed by atoms with Gasteiger partial charge in [0.05, 0.1) is 11.7 Å². The number of aliphatic hydroxyl groups is 1. The molecule has 0 radical (unpaired) electrons. The van der Waals surface area contributed by atoms with Gasteiger partial charge in [0.2, 0.25) is 0 Å². The van der Waals surface area contributed by atoms with Crippen LogP contribution in [0.2, 0.25) is 0 Å². The monoisotopic (exact) mass is 248 g/mol. The van der Waals surface area contributed by atoms with E-state index in [0.29, 0.717) is 18.0 Å². The highest BCUT2D eigenvalue weighted by atomic mass is 16.3. The molecular formula is C14H20N2O2. The van der Waals surface area contributed by atoms with E-state index >= 15 is 0 Å². The van der Waals surface area contributed by atoms with Gasteiger partial charge < -0.3 is 10.4 Å². The summed E-state index contributed by atoms with van der Waals surface area (Å²) in [5, 5.41) is 12.4. The molecule has 0 atom stereocenters. The topological polar surface area (TPSA) is 62.2 Å². The second kappa shape index (κ2) is 5.96. The van der Waals surface area contributed by atoms with Crippen LogP contribution in [-0.4, -0.2) is 28.6 Å². The Labute approximate surface area is 107 Å². The van der Waals surface area contributed by atoms with Crippen molar-refractivity contribution in [2.75, 3.05) is 6.54 Å². The number of aryl methyl sites for hydroxylation is 1. The van der Waals surface area contributed by atoms with Crippen LogP contribution in [0.4, 0.5) is 0 Å². The number of hydrogen-bond acceptors (Lipinski definition) is 3. The number of aliphatic hydroxyl groups excluding tert-OH is 1. The lowest BCUT2D eigenvalue weighted by molar-refractivity contribution is 0.0910. The molecule has 1 aliphatic carbocycles. The number of aromatic nitrogens is 1. The molecule has 0 aliphatic heterocycles. The lowest BCUT2D eigenvalue weighted by atomic mass is 9.87. The molecule has 1 saturated carbocycles. The van der Waals surface area contributed by atoms with Gasteiger partial charge in [-0.15, -0.1) is 0 Å². The number of nitrogens with one attached hydrogen (secondary N) is 1. The molecule has 2 rings (SSSR count). The second-order valence-corrected chi connectivity index (χ2v) is 5.07. The highest BCUT2D eigenvalue weighted by molar-refractivity contribution is 5.93. The fourth-order valence-corrected chi connectivity index (χ4v) is 2.29. The average Bonchev–Trinajstić information content (AvgIpc) is 2.38. The van der Waals surface area contributed by atoms with Gasteiger partial charge in [0.15, 0.2) is 0 Å². The van der Waals surface area contributed by atoms with Gasteiger partial charge in [-0.25, -0.2) is 0 Å². The van der Waals surface area contributed by atoms with Gasteiger partial charge in [-0.2, -0.15) is 0 Å². The Morgan fingerprint density at radius 2 is 2.11 bits per heavy atom. The molecular weight excluding hydrogens is 228 g/mol. The Kier molecular flexibility index (Phi) is 4.31. The Balaban J connectivity index is 1.79. The predicted octanol–water partition coefficient (Wildman–Crippen LogP) is 1.67. The first kappa shape index (κ1) is 13.0. The summed E-state index contributed by atoms with van der Waals surface area (Å²) in [7, 11) is 0. The maximum absolute atomic E-state index is 11.9. The Morgan fingerprint density at radius 1 is 1.39 bits per heavy atom. The first-order valence-electron chi connectivity index (χ1n) is 6.54. The number of carbonyl (C=O) groups is 1. The molecule has 0 aromatic carbocycles. The van der Waals surface area contributed by atoms with Gasteiger partial charge >= 0.3 is 0 Å². The summed E-state index contributed by atoms with van der Waals surface area (Å²) in [6.45, 7) is 2.59. The molecule has 0 unspecified atom stereocenters. The standard InChI is InChI=1S/C14H20N2O2/c1-10-2-5-12(9-15-10)14(18)16-8-11-3-6-13(17)7-4-11/h2,5,9,11,13,17H,3-4,6-8H2,1H3,(H,16,18). The number of carbonyl (C=O) groups excluding carboxylic acids is 1. The highest BCUT2D eigenvalue weighted by Crippen LogP contribution is 2.23. The first-order valence-corrected chi connectivity index (χ1v) is 6.54. The summed E-state index contributed by atoms with van der Waals surface area (Å²) in [5.41, 5.74) is 1.52. The van der Waals surface area contributed by atoms with Gasteiger partial charge in [0.25, 0.3) is 5.91 Å². The van der Waals surface area contributed by atoms with Crippen LogP contribution in [0.3, 0.4) is 0 Å². The van der Waals surface area contributed by atoms with Crippen molar-refractivity contribution in [1.29, 1.82) is 0 Å². The number of pyridine rings is 1. The van der Waals surface area contributed by atoms with E-state index in [2.05, 4.69) is 10.3 Å². The van der Waals surface area contributed by atoms with Gasteiger partial charge in [0.1, 0.15) is 0 Å². The van der Waals surface area contributed by atoms with Crippen LogP contribution in [0.25, 0.3) is 0 Å². The molecule has 1 aromatic heterocycles. The van der Waals surface area contributed by atoms with Crippen LogP contribution in [0, 0.1) is 12.8 Å². The molecule has 18 heavy (non-hydrogen) atoms. The van der Waals surface area contributed by atoms with Gasteiger partial charge in [0, 0.05) is 18.4 Å². The fraction of sp³-hybridized carbons (Fsp3) is 0.571. The molecule has 1 heterocycles. The van der Waals surface area contributed by atoms with Crippen molar-refractivity contribution in [2.24, 2.45) is 5.92 Å². The number of hydrogen-bond donors (Lipinski definition) is 2. The molecule has 0 saturated heterocycles. The molecule has 2 N–H and O–H groups in total. The van der Waals surface area contributed by atoms with E-state index in [1.54, 1.807) is 12.3 Å². The summed E-state index contributed by atoms with van der Waals surface area (Å²) in [6.07, 6.45) is 5.16. The van der Waals surface area contributed by atoms with E-state index in [1.807, 2.05) is 13.0 Å². The SMILES string of the molecule is Cc1ccc(C(=O)NCC2CCC(O)CC2)cn1. The third-order valence-electron chi connectivity index (χ3n) is 3.54. The van der Waals surface area contributed by atoms with Crippen LogP contribution < -0.4 is 5.32 Å². The number of amides is 1. The molecule has 1 aromatic rings. The van der Waals surface area contributed by atoms with Crippen molar-refractivity contribution in [3.63, 3.8) is 0 Å². The normalized spacial score (nSPS) is 23.7. The highest BCUT2D eigenvalue weighted by Gasteiger charge is 2.19. The summed E-state index contributed by atoms with van der Waals surface area (Å²) in [5.74, 6) is 0.435. The van der Waals surface area contributed by atoms with Gasteiger partial charge in [-0.1, -0.05) is 0 Å². The Hall–Kier alpha value is -1.42. The Bertz CT molecular complexity index is 395. The second-order valence-electron chi connectivity index (χ2n) is 5.07. The molecule has 1 fully saturated rings. The summed E-state index contributed by atoms with van der Waals surface area (Å²) < 4.78 is 0. The minimum Gasteiger partial charge on any atom is -0.393 e. The minimum absolute atomic E-state index is 0.0615. The fourth-order valence-electron chi connectivity index (χ4n) is 2.29. The van der Waals surface area contributed by atoms with Crippen molar-refractivity contribution in [3.05, 3.63) is 29.6 Å². The number of rotatable bonds is 3. The maximum atomic E-state index is 11.9. The zero-order valence-corrected chi connectivity index (χ0v) is 10.7. The Morgan fingerprint density at radius 3 is 2.72 bits per heavy atom. The van der Waals surface area contributed by atoms with E-state index in [0.717, 1.165) is 31.4 Å². The van der Waals surface area contributed by atoms with Crippen molar-refractivity contribution in [3.8, 4) is 0 Å². The van der Waals surface area contributed by atoms with E-state index in [4.69, 9.17) is 0 Å². The minimum atomic E-state index is -0.141. The molecule has 0 spiro atoms. The first-order chi connectivity index (χ1) is 8.65. The van der Waals surface area contributed by atoms with Crippen LogP contribution in [0.5, 0.6) is 0 Å². The molecule has 4 nitrogen and oxygen atoms in total. The lowest BCUT2D eigenvalue weighted by Crippen LogP contribution is -2.32. The molecule has 1 aliphatic rings. The van der Waals surface area contributed by atoms with Crippen molar-refractivity contribution in [1.82, 2.24) is 10.3 Å². The molecule has 4 heteroatoms. The lowest BCUT2D eigenvalue weighted by Gasteiger charge is -2.25. The van der Waals surface area contributed by atoms with Crippen LogP contribution >= 0.6 is 0 Å². The third-order valence-corrected chi connectivity index (χ3v) is 3.54. The number of nitrogens with zero attached hydrogens (tertiary/aromatic N) is 1. The summed E-state index contributed by atoms with van der Waals surface area (Å²) in [4.78, 5) is 16.0. The van der Waals surface area contributed by atoms with Crippen molar-refractivity contribution in [2.45, 2.75) is 38.7 Å². The van der Waals surface area contributed by atoms with Crippen LogP contribution in [-0.2, 0) is 0 Å². The smallest absolute Gasteiger partial charge is 0.252 e. The van der Waals surface area contributed by atoms with E-state index in [1.165, 1.54) is 0 Å². The van der Waals surface area contributed by atoms with E-state index in [-0.39, 0.29) is 12.0 Å². The van der Waals surface area contributed by atoms with Crippen LogP contribution in [0.1, 0.15) is 41.7 Å². The zero-order valence-electron chi connectivity index (χ0n) is 10.7. The molecule has 1 amide bonds. The zero-order chi connectivity index (χ0) is 13.0. The summed E-state index contributed by atoms with van der Waals surface area (Å²) in [6, 6.07) is 3.63. The molecule has 0 bridgehead atoms. The van der Waals surface area contributed by atoms with Gasteiger partial charge in [-0.05, 0) is 50.7 Å². The largest absolute Gasteiger partial charge is 0.393 e. The molecule has 98 valence electrons. The predicted molar refractivity (Wildman–Crippen MR) is 69.3 cm³/mol. The van der Waals surface area contributed by atoms with E-state index < -0.39 is 0 Å². The van der Waals surface area contributed by atoms with E-state index in [9.17, 15) is 9.90 Å². The van der Waals surface area contributed by atoms with Gasteiger partial charge in [-0.3, -0.25) is 9.78 Å². The average molecular weight is 248 g/mol. The maximum Gasteiger partial charge on any atom is 0.252 e. The summed E-state index contributed by atoms with van der Waals surface area (Å²) >= 11 is 0. The third kappa shape index (κ3) is 3.53. The quantitative estimate of drug-likeness (QED) is 0.855. The van der Waals surface area contributed by atoms with Crippen molar-refractivity contribution >= 4 is 5.91 Å². The van der Waals surface area contributed by atoms with Crippen molar-refractivity contribution < 1.29 is 9.90 Å².